The van der Waals surface area contributed by atoms with Gasteiger partial charge in [-0.15, -0.1) is 0 Å². The molecule has 0 unspecified atom stereocenters. The van der Waals surface area contributed by atoms with Crippen molar-refractivity contribution in [3.05, 3.63) is 64.4 Å². The van der Waals surface area contributed by atoms with Crippen molar-refractivity contribution in [3.63, 3.8) is 0 Å². The third-order valence-corrected chi connectivity index (χ3v) is 2.95. The van der Waals surface area contributed by atoms with Gasteiger partial charge in [0.05, 0.1) is 0 Å². The summed E-state index contributed by atoms with van der Waals surface area (Å²) < 4.78 is 19.0. The molecule has 2 aromatic rings. The lowest BCUT2D eigenvalue weighted by Crippen LogP contribution is -2.12. The molecule has 0 aliphatic carbocycles. The van der Waals surface area contributed by atoms with Gasteiger partial charge in [-0.3, -0.25) is 0 Å². The third-order valence-electron chi connectivity index (χ3n) is 2.50. The molecule has 2 nitrogen and oxygen atoms in total. The van der Waals surface area contributed by atoms with Gasteiger partial charge in [0.15, 0.2) is 0 Å². The normalized spacial score (nSPS) is 10.2. The number of hydrogen-bond acceptors (Lipinski definition) is 2. The van der Waals surface area contributed by atoms with Gasteiger partial charge in [0.2, 0.25) is 0 Å². The average Bonchev–Trinajstić information content (AvgIpc) is 2.37. The average molecular weight is 296 g/mol. The van der Waals surface area contributed by atoms with Gasteiger partial charge in [-0.05, 0) is 35.9 Å². The minimum atomic E-state index is -0.431. The Labute approximate surface area is 120 Å². The molecular weight excluding hydrogens is 285 g/mol. The van der Waals surface area contributed by atoms with E-state index < -0.39 is 5.82 Å². The molecule has 5 heteroatoms. The summed E-state index contributed by atoms with van der Waals surface area (Å²) in [6.07, 6.45) is 0. The molecule has 2 N–H and O–H groups in total. The highest BCUT2D eigenvalue weighted by Gasteiger charge is 2.06. The topological polar surface area (TPSA) is 35.2 Å². The zero-order valence-corrected chi connectivity index (χ0v) is 11.5. The maximum atomic E-state index is 13.4. The standard InChI is InChI=1S/C14H11ClFNOS/c15-10-2-1-3-11(7-10)18-8-9-4-5-13(16)12(6-9)14(17)19/h1-7H,8H2,(H2,17,19). The first-order chi connectivity index (χ1) is 9.06. The van der Waals surface area contributed by atoms with Gasteiger partial charge < -0.3 is 10.5 Å². The van der Waals surface area contributed by atoms with E-state index in [9.17, 15) is 4.39 Å². The molecule has 0 heterocycles. The molecular formula is C14H11ClFNOS. The number of thiocarbonyl (C=S) groups is 1. The Morgan fingerprint density at radius 1 is 1.26 bits per heavy atom. The van der Waals surface area contributed by atoms with E-state index in [1.807, 2.05) is 0 Å². The van der Waals surface area contributed by atoms with Crippen LogP contribution in [0.3, 0.4) is 0 Å². The van der Waals surface area contributed by atoms with Crippen LogP contribution in [-0.2, 0) is 6.61 Å². The predicted octanol–water partition coefficient (Wildman–Crippen LogP) is 3.69. The maximum absolute atomic E-state index is 13.4. The second-order valence-electron chi connectivity index (χ2n) is 3.92. The third kappa shape index (κ3) is 3.66. The highest BCUT2D eigenvalue weighted by Crippen LogP contribution is 2.19. The van der Waals surface area contributed by atoms with E-state index in [0.29, 0.717) is 10.8 Å². The first kappa shape index (κ1) is 13.8. The lowest BCUT2D eigenvalue weighted by Gasteiger charge is -2.08. The number of nitrogens with two attached hydrogens (primary N) is 1. The minimum Gasteiger partial charge on any atom is -0.489 e. The van der Waals surface area contributed by atoms with Crippen LogP contribution in [0.15, 0.2) is 42.5 Å². The van der Waals surface area contributed by atoms with E-state index in [0.717, 1.165) is 5.56 Å². The monoisotopic (exact) mass is 295 g/mol. The van der Waals surface area contributed by atoms with Crippen LogP contribution < -0.4 is 10.5 Å². The number of ether oxygens (including phenoxy) is 1. The molecule has 0 atom stereocenters. The first-order valence-electron chi connectivity index (χ1n) is 5.53. The maximum Gasteiger partial charge on any atom is 0.133 e. The Kier molecular flexibility index (Phi) is 4.35. The zero-order valence-electron chi connectivity index (χ0n) is 9.90. The second-order valence-corrected chi connectivity index (χ2v) is 4.80. The summed E-state index contributed by atoms with van der Waals surface area (Å²) in [6, 6.07) is 11.6. The van der Waals surface area contributed by atoms with Crippen LogP contribution in [0.1, 0.15) is 11.1 Å². The van der Waals surface area contributed by atoms with Crippen LogP contribution in [0.4, 0.5) is 4.39 Å². The van der Waals surface area contributed by atoms with E-state index in [4.69, 9.17) is 34.3 Å². The first-order valence-corrected chi connectivity index (χ1v) is 6.31. The molecule has 2 rings (SSSR count). The summed E-state index contributed by atoms with van der Waals surface area (Å²) in [5.41, 5.74) is 6.45. The summed E-state index contributed by atoms with van der Waals surface area (Å²) >= 11 is 10.6. The Bertz CT molecular complexity index is 618. The van der Waals surface area contributed by atoms with Crippen molar-refractivity contribution < 1.29 is 9.13 Å². The van der Waals surface area contributed by atoms with Crippen molar-refractivity contribution >= 4 is 28.8 Å². The van der Waals surface area contributed by atoms with Crippen molar-refractivity contribution in [3.8, 4) is 5.75 Å². The summed E-state index contributed by atoms with van der Waals surface area (Å²) in [5, 5.41) is 0.598. The zero-order chi connectivity index (χ0) is 13.8. The fourth-order valence-electron chi connectivity index (χ4n) is 1.57. The molecule has 0 bridgehead atoms. The highest BCUT2D eigenvalue weighted by molar-refractivity contribution is 7.80. The van der Waals surface area contributed by atoms with E-state index in [1.54, 1.807) is 36.4 Å². The molecule has 0 saturated heterocycles. The fraction of sp³-hybridized carbons (Fsp3) is 0.0714. The van der Waals surface area contributed by atoms with Gasteiger partial charge in [-0.25, -0.2) is 4.39 Å². The van der Waals surface area contributed by atoms with Crippen LogP contribution in [0.2, 0.25) is 5.02 Å². The summed E-state index contributed by atoms with van der Waals surface area (Å²) in [5.74, 6) is 0.215. The quantitative estimate of drug-likeness (QED) is 0.874. The van der Waals surface area contributed by atoms with Gasteiger partial charge in [-0.1, -0.05) is 36.0 Å². The Hall–Kier alpha value is -1.65. The summed E-state index contributed by atoms with van der Waals surface area (Å²) in [7, 11) is 0. The minimum absolute atomic E-state index is 0.0297. The van der Waals surface area contributed by atoms with E-state index in [1.165, 1.54) is 6.07 Å². The van der Waals surface area contributed by atoms with E-state index in [2.05, 4.69) is 0 Å². The fourth-order valence-corrected chi connectivity index (χ4v) is 1.91. The van der Waals surface area contributed by atoms with Gasteiger partial charge in [0, 0.05) is 10.6 Å². The van der Waals surface area contributed by atoms with Crippen LogP contribution >= 0.6 is 23.8 Å². The lowest BCUT2D eigenvalue weighted by molar-refractivity contribution is 0.306. The van der Waals surface area contributed by atoms with Crippen LogP contribution in [0, 0.1) is 5.82 Å². The molecule has 0 aliphatic rings. The largest absolute Gasteiger partial charge is 0.489 e. The lowest BCUT2D eigenvalue weighted by atomic mass is 10.1. The predicted molar refractivity (Wildman–Crippen MR) is 78.1 cm³/mol. The van der Waals surface area contributed by atoms with Crippen molar-refractivity contribution in [2.24, 2.45) is 5.73 Å². The molecule has 0 radical (unpaired) electrons. The molecule has 98 valence electrons. The van der Waals surface area contributed by atoms with Gasteiger partial charge in [0.1, 0.15) is 23.2 Å². The van der Waals surface area contributed by atoms with Gasteiger partial charge in [0.25, 0.3) is 0 Å². The van der Waals surface area contributed by atoms with Gasteiger partial charge >= 0.3 is 0 Å². The van der Waals surface area contributed by atoms with E-state index in [-0.39, 0.29) is 17.2 Å². The number of hydrogen-bond donors (Lipinski definition) is 1. The van der Waals surface area contributed by atoms with Crippen molar-refractivity contribution in [2.45, 2.75) is 6.61 Å². The molecule has 0 amide bonds. The van der Waals surface area contributed by atoms with Crippen molar-refractivity contribution in [2.75, 3.05) is 0 Å². The Balaban J connectivity index is 2.12. The summed E-state index contributed by atoms with van der Waals surface area (Å²) in [4.78, 5) is 0.0297. The van der Waals surface area contributed by atoms with Crippen LogP contribution in [0.5, 0.6) is 5.75 Å². The number of rotatable bonds is 4. The second kappa shape index (κ2) is 5.99. The molecule has 0 aliphatic heterocycles. The molecule has 0 fully saturated rings. The molecule has 0 spiro atoms. The van der Waals surface area contributed by atoms with E-state index >= 15 is 0 Å². The summed E-state index contributed by atoms with van der Waals surface area (Å²) in [6.45, 7) is 0.288. The molecule has 19 heavy (non-hydrogen) atoms. The highest BCUT2D eigenvalue weighted by atomic mass is 35.5. The Morgan fingerprint density at radius 2 is 2.05 bits per heavy atom. The van der Waals surface area contributed by atoms with Gasteiger partial charge in [-0.2, -0.15) is 0 Å². The molecule has 0 saturated carbocycles. The molecule has 2 aromatic carbocycles. The SMILES string of the molecule is NC(=S)c1cc(COc2cccc(Cl)c2)ccc1F. The van der Waals surface area contributed by atoms with Crippen LogP contribution in [-0.4, -0.2) is 4.99 Å². The number of benzene rings is 2. The molecule has 0 aromatic heterocycles. The van der Waals surface area contributed by atoms with Crippen molar-refractivity contribution in [1.29, 1.82) is 0 Å². The smallest absolute Gasteiger partial charge is 0.133 e. The Morgan fingerprint density at radius 3 is 2.74 bits per heavy atom. The van der Waals surface area contributed by atoms with Crippen molar-refractivity contribution in [1.82, 2.24) is 0 Å². The van der Waals surface area contributed by atoms with Crippen LogP contribution in [0.25, 0.3) is 0 Å². The number of halogens is 2.